The van der Waals surface area contributed by atoms with Crippen molar-refractivity contribution in [3.63, 3.8) is 0 Å². The van der Waals surface area contributed by atoms with E-state index in [2.05, 4.69) is 36.5 Å². The van der Waals surface area contributed by atoms with E-state index in [0.717, 1.165) is 37.5 Å². The van der Waals surface area contributed by atoms with E-state index < -0.39 is 0 Å². The van der Waals surface area contributed by atoms with Crippen LogP contribution < -0.4 is 5.32 Å². The smallest absolute Gasteiger partial charge is 0.133 e. The van der Waals surface area contributed by atoms with E-state index in [1.165, 1.54) is 28.9 Å². The predicted octanol–water partition coefficient (Wildman–Crippen LogP) is 2.70. The van der Waals surface area contributed by atoms with Gasteiger partial charge in [-0.2, -0.15) is 0 Å². The van der Waals surface area contributed by atoms with E-state index in [1.807, 2.05) is 13.1 Å². The van der Waals surface area contributed by atoms with E-state index in [4.69, 9.17) is 9.97 Å². The van der Waals surface area contributed by atoms with Crippen LogP contribution in [0.4, 0.5) is 0 Å². The van der Waals surface area contributed by atoms with Crippen LogP contribution >= 0.6 is 0 Å². The van der Waals surface area contributed by atoms with Crippen molar-refractivity contribution in [3.05, 3.63) is 58.7 Å². The third-order valence-electron chi connectivity index (χ3n) is 4.33. The third-order valence-corrected chi connectivity index (χ3v) is 4.33. The largest absolute Gasteiger partial charge is 0.319 e. The highest BCUT2D eigenvalue weighted by molar-refractivity contribution is 5.30. The fraction of sp³-hybridized carbons (Fsp3) is 0.444. The number of rotatable bonds is 4. The molecule has 1 unspecified atom stereocenters. The lowest BCUT2D eigenvalue weighted by atomic mass is 9.85. The summed E-state index contributed by atoms with van der Waals surface area (Å²) in [5, 5.41) is 3.29. The second-order valence-electron chi connectivity index (χ2n) is 5.98. The summed E-state index contributed by atoms with van der Waals surface area (Å²) >= 11 is 0. The molecule has 0 amide bonds. The van der Waals surface area contributed by atoms with Crippen molar-refractivity contribution in [2.75, 3.05) is 13.6 Å². The number of fused-ring (bicyclic) bond motifs is 1. The molecule has 0 radical (unpaired) electrons. The quantitative estimate of drug-likeness (QED) is 0.936. The molecule has 110 valence electrons. The SMILES string of the molecule is CNCC1CCc2nc(Cc3ccccc3)nc(C)c2C1. The first-order chi connectivity index (χ1) is 10.3. The summed E-state index contributed by atoms with van der Waals surface area (Å²) in [6.07, 6.45) is 4.27. The van der Waals surface area contributed by atoms with Crippen LogP contribution in [0.3, 0.4) is 0 Å². The Bertz CT molecular complexity index is 607. The van der Waals surface area contributed by atoms with Gasteiger partial charge in [-0.1, -0.05) is 30.3 Å². The molecule has 0 bridgehead atoms. The summed E-state index contributed by atoms with van der Waals surface area (Å²) in [6, 6.07) is 10.5. The van der Waals surface area contributed by atoms with Crippen molar-refractivity contribution in [2.24, 2.45) is 5.92 Å². The molecule has 0 saturated carbocycles. The first-order valence-corrected chi connectivity index (χ1v) is 7.80. The molecule has 1 aromatic carbocycles. The van der Waals surface area contributed by atoms with Crippen LogP contribution in [0, 0.1) is 12.8 Å². The van der Waals surface area contributed by atoms with Gasteiger partial charge in [-0.15, -0.1) is 0 Å². The number of aromatic nitrogens is 2. The first-order valence-electron chi connectivity index (χ1n) is 7.80. The van der Waals surface area contributed by atoms with Gasteiger partial charge in [0.25, 0.3) is 0 Å². The van der Waals surface area contributed by atoms with Crippen molar-refractivity contribution < 1.29 is 0 Å². The molecule has 21 heavy (non-hydrogen) atoms. The molecular formula is C18H23N3. The van der Waals surface area contributed by atoms with Gasteiger partial charge in [0, 0.05) is 17.8 Å². The summed E-state index contributed by atoms with van der Waals surface area (Å²) in [7, 11) is 2.03. The molecule has 1 atom stereocenters. The van der Waals surface area contributed by atoms with E-state index in [9.17, 15) is 0 Å². The monoisotopic (exact) mass is 281 g/mol. The fourth-order valence-electron chi connectivity index (χ4n) is 3.24. The maximum Gasteiger partial charge on any atom is 0.133 e. The molecule has 3 heteroatoms. The number of nitrogens with zero attached hydrogens (tertiary/aromatic N) is 2. The molecule has 3 rings (SSSR count). The van der Waals surface area contributed by atoms with Crippen LogP contribution in [-0.2, 0) is 19.3 Å². The molecule has 3 nitrogen and oxygen atoms in total. The summed E-state index contributed by atoms with van der Waals surface area (Å²) in [5.74, 6) is 1.69. The van der Waals surface area contributed by atoms with E-state index >= 15 is 0 Å². The van der Waals surface area contributed by atoms with Crippen molar-refractivity contribution in [2.45, 2.75) is 32.6 Å². The average Bonchev–Trinajstić information content (AvgIpc) is 2.49. The lowest BCUT2D eigenvalue weighted by Crippen LogP contribution is -2.26. The maximum absolute atomic E-state index is 4.83. The minimum absolute atomic E-state index is 0.727. The van der Waals surface area contributed by atoms with Gasteiger partial charge in [0.2, 0.25) is 0 Å². The number of nitrogens with one attached hydrogen (secondary N) is 1. The van der Waals surface area contributed by atoms with Gasteiger partial charge in [-0.3, -0.25) is 0 Å². The van der Waals surface area contributed by atoms with Gasteiger partial charge in [-0.05, 0) is 56.8 Å². The normalized spacial score (nSPS) is 17.5. The minimum Gasteiger partial charge on any atom is -0.319 e. The van der Waals surface area contributed by atoms with Gasteiger partial charge in [0.1, 0.15) is 5.82 Å². The standard InChI is InChI=1S/C18H23N3/c1-13-16-10-15(12-19-2)8-9-17(16)21-18(20-13)11-14-6-4-3-5-7-14/h3-7,15,19H,8-12H2,1-2H3. The lowest BCUT2D eigenvalue weighted by Gasteiger charge is -2.25. The van der Waals surface area contributed by atoms with Gasteiger partial charge in [0.15, 0.2) is 0 Å². The second-order valence-corrected chi connectivity index (χ2v) is 5.98. The van der Waals surface area contributed by atoms with Crippen molar-refractivity contribution in [1.29, 1.82) is 0 Å². The number of hydrogen-bond acceptors (Lipinski definition) is 3. The molecule has 1 N–H and O–H groups in total. The Morgan fingerprint density at radius 1 is 1.19 bits per heavy atom. The molecule has 0 saturated heterocycles. The third kappa shape index (κ3) is 3.30. The van der Waals surface area contributed by atoms with Gasteiger partial charge >= 0.3 is 0 Å². The van der Waals surface area contributed by atoms with Gasteiger partial charge in [-0.25, -0.2) is 9.97 Å². The van der Waals surface area contributed by atoms with Crippen molar-refractivity contribution in [3.8, 4) is 0 Å². The maximum atomic E-state index is 4.83. The Balaban J connectivity index is 1.82. The van der Waals surface area contributed by atoms with E-state index in [-0.39, 0.29) is 0 Å². The molecule has 0 fully saturated rings. The van der Waals surface area contributed by atoms with E-state index in [0.29, 0.717) is 0 Å². The zero-order chi connectivity index (χ0) is 14.7. The average molecular weight is 281 g/mol. The van der Waals surface area contributed by atoms with Crippen LogP contribution in [0.5, 0.6) is 0 Å². The highest BCUT2D eigenvalue weighted by Crippen LogP contribution is 2.26. The van der Waals surface area contributed by atoms with Crippen molar-refractivity contribution in [1.82, 2.24) is 15.3 Å². The van der Waals surface area contributed by atoms with Crippen LogP contribution in [-0.4, -0.2) is 23.6 Å². The number of hydrogen-bond donors (Lipinski definition) is 1. The summed E-state index contributed by atoms with van der Waals surface area (Å²) < 4.78 is 0. The Hall–Kier alpha value is -1.74. The zero-order valence-electron chi connectivity index (χ0n) is 12.9. The van der Waals surface area contributed by atoms with Crippen LogP contribution in [0.1, 0.15) is 34.8 Å². The summed E-state index contributed by atoms with van der Waals surface area (Å²) in [6.45, 7) is 3.22. The molecule has 1 heterocycles. The molecule has 0 aliphatic heterocycles. The Morgan fingerprint density at radius 2 is 2.00 bits per heavy atom. The van der Waals surface area contributed by atoms with Crippen LogP contribution in [0.2, 0.25) is 0 Å². The molecule has 2 aromatic rings. The van der Waals surface area contributed by atoms with Crippen LogP contribution in [0.25, 0.3) is 0 Å². The minimum atomic E-state index is 0.727. The predicted molar refractivity (Wildman–Crippen MR) is 85.5 cm³/mol. The molecular weight excluding hydrogens is 258 g/mol. The summed E-state index contributed by atoms with van der Waals surface area (Å²) in [5.41, 5.74) is 5.12. The molecule has 1 aromatic heterocycles. The fourth-order valence-corrected chi connectivity index (χ4v) is 3.24. The highest BCUT2D eigenvalue weighted by Gasteiger charge is 2.22. The van der Waals surface area contributed by atoms with Gasteiger partial charge in [0.05, 0.1) is 0 Å². The Labute approximate surface area is 126 Å². The topological polar surface area (TPSA) is 37.8 Å². The Morgan fingerprint density at radius 3 is 2.76 bits per heavy atom. The van der Waals surface area contributed by atoms with E-state index in [1.54, 1.807) is 0 Å². The Kier molecular flexibility index (Phi) is 4.30. The zero-order valence-corrected chi connectivity index (χ0v) is 12.9. The number of aryl methyl sites for hydroxylation is 2. The molecule has 0 spiro atoms. The first kappa shape index (κ1) is 14.2. The highest BCUT2D eigenvalue weighted by atomic mass is 14.9. The summed E-state index contributed by atoms with van der Waals surface area (Å²) in [4.78, 5) is 9.58. The lowest BCUT2D eigenvalue weighted by molar-refractivity contribution is 0.431. The molecule has 1 aliphatic carbocycles. The molecule has 1 aliphatic rings. The van der Waals surface area contributed by atoms with Crippen LogP contribution in [0.15, 0.2) is 30.3 Å². The second kappa shape index (κ2) is 6.35. The van der Waals surface area contributed by atoms with Gasteiger partial charge < -0.3 is 5.32 Å². The number of benzene rings is 1. The van der Waals surface area contributed by atoms with Crippen molar-refractivity contribution >= 4 is 0 Å².